The molecule has 0 saturated carbocycles. The fourth-order valence-electron chi connectivity index (χ4n) is 1.26. The Hall–Kier alpha value is -2.58. The first kappa shape index (κ1) is 9.96. The van der Waals surface area contributed by atoms with E-state index in [1.807, 2.05) is 36.4 Å². The fourth-order valence-corrected chi connectivity index (χ4v) is 1.26. The second-order valence-electron chi connectivity index (χ2n) is 3.13. The Kier molecular flexibility index (Phi) is 2.97. The van der Waals surface area contributed by atoms with E-state index in [-0.39, 0.29) is 0 Å². The third-order valence-corrected chi connectivity index (χ3v) is 2.03. The summed E-state index contributed by atoms with van der Waals surface area (Å²) in [5, 5.41) is 8.84. The third-order valence-electron chi connectivity index (χ3n) is 2.03. The molecule has 0 amide bonds. The number of hydrogen-bond acceptors (Lipinski definition) is 2. The predicted molar refractivity (Wildman–Crippen MR) is 61.4 cm³/mol. The minimum Gasteiger partial charge on any atom is -0.244 e. The molecule has 16 heavy (non-hydrogen) atoms. The molecule has 0 unspecified atom stereocenters. The van der Waals surface area contributed by atoms with Crippen molar-refractivity contribution < 1.29 is 0 Å². The van der Waals surface area contributed by atoms with Gasteiger partial charge in [-0.1, -0.05) is 30.0 Å². The molecule has 1 aromatic heterocycles. The maximum atomic E-state index is 8.84. The van der Waals surface area contributed by atoms with Crippen molar-refractivity contribution in [2.24, 2.45) is 0 Å². The summed E-state index contributed by atoms with van der Waals surface area (Å²) in [5.41, 5.74) is 1.95. The van der Waals surface area contributed by atoms with Gasteiger partial charge in [-0.2, -0.15) is 5.26 Å². The van der Waals surface area contributed by atoms with Crippen LogP contribution in [0.1, 0.15) is 16.8 Å². The first-order chi connectivity index (χ1) is 7.90. The summed E-state index contributed by atoms with van der Waals surface area (Å²) < 4.78 is 0. The van der Waals surface area contributed by atoms with Crippen LogP contribution in [-0.4, -0.2) is 4.98 Å². The van der Waals surface area contributed by atoms with Crippen molar-refractivity contribution in [3.63, 3.8) is 0 Å². The van der Waals surface area contributed by atoms with Gasteiger partial charge in [-0.25, -0.2) is 4.98 Å². The van der Waals surface area contributed by atoms with Crippen molar-refractivity contribution >= 4 is 0 Å². The summed E-state index contributed by atoms with van der Waals surface area (Å²) in [5.74, 6) is 5.94. The van der Waals surface area contributed by atoms with E-state index in [1.165, 1.54) is 0 Å². The standard InChI is InChI=1S/C14H8N2/c15-11-14-13(7-4-10-16-14)9-8-12-5-2-1-3-6-12/h1-7,10H. The molecule has 2 aromatic rings. The van der Waals surface area contributed by atoms with Crippen LogP contribution in [0.25, 0.3) is 0 Å². The van der Waals surface area contributed by atoms with Gasteiger partial charge in [0.2, 0.25) is 0 Å². The number of aromatic nitrogens is 1. The highest BCUT2D eigenvalue weighted by atomic mass is 14.7. The van der Waals surface area contributed by atoms with E-state index < -0.39 is 0 Å². The van der Waals surface area contributed by atoms with E-state index in [4.69, 9.17) is 5.26 Å². The molecule has 0 N–H and O–H groups in total. The molecule has 0 bridgehead atoms. The van der Waals surface area contributed by atoms with E-state index in [1.54, 1.807) is 18.3 Å². The van der Waals surface area contributed by atoms with Crippen LogP contribution in [0, 0.1) is 23.2 Å². The van der Waals surface area contributed by atoms with Crippen molar-refractivity contribution in [1.82, 2.24) is 4.98 Å². The third kappa shape index (κ3) is 2.26. The number of rotatable bonds is 0. The van der Waals surface area contributed by atoms with E-state index in [0.29, 0.717) is 11.3 Å². The Balaban J connectivity index is 2.36. The molecule has 2 rings (SSSR count). The number of benzene rings is 1. The van der Waals surface area contributed by atoms with E-state index >= 15 is 0 Å². The molecule has 0 aliphatic carbocycles. The van der Waals surface area contributed by atoms with Crippen LogP contribution in [0.15, 0.2) is 48.7 Å². The summed E-state index contributed by atoms with van der Waals surface area (Å²) in [6.45, 7) is 0. The number of pyridine rings is 1. The molecule has 2 nitrogen and oxygen atoms in total. The molecule has 74 valence electrons. The molecule has 2 heteroatoms. The van der Waals surface area contributed by atoms with Crippen molar-refractivity contribution in [2.45, 2.75) is 0 Å². The zero-order valence-electron chi connectivity index (χ0n) is 8.51. The zero-order chi connectivity index (χ0) is 11.2. The summed E-state index contributed by atoms with van der Waals surface area (Å²) in [4.78, 5) is 3.95. The van der Waals surface area contributed by atoms with Gasteiger partial charge in [0.25, 0.3) is 0 Å². The normalized spacial score (nSPS) is 8.69. The van der Waals surface area contributed by atoms with Crippen LogP contribution in [-0.2, 0) is 0 Å². The van der Waals surface area contributed by atoms with E-state index in [2.05, 4.69) is 16.8 Å². The Morgan fingerprint density at radius 2 is 1.75 bits per heavy atom. The van der Waals surface area contributed by atoms with Crippen LogP contribution >= 0.6 is 0 Å². The van der Waals surface area contributed by atoms with Crippen LogP contribution in [0.3, 0.4) is 0 Å². The Morgan fingerprint density at radius 3 is 2.50 bits per heavy atom. The van der Waals surface area contributed by atoms with Gasteiger partial charge in [0.05, 0.1) is 5.56 Å². The van der Waals surface area contributed by atoms with E-state index in [0.717, 1.165) is 5.56 Å². The van der Waals surface area contributed by atoms with Crippen LogP contribution in [0.2, 0.25) is 0 Å². The monoisotopic (exact) mass is 204 g/mol. The second-order valence-corrected chi connectivity index (χ2v) is 3.13. The number of hydrogen-bond donors (Lipinski definition) is 0. The lowest BCUT2D eigenvalue weighted by Gasteiger charge is -1.91. The molecule has 0 saturated heterocycles. The molecular formula is C14H8N2. The van der Waals surface area contributed by atoms with Gasteiger partial charge < -0.3 is 0 Å². The Bertz CT molecular complexity index is 583. The topological polar surface area (TPSA) is 36.7 Å². The quantitative estimate of drug-likeness (QED) is 0.617. The number of nitriles is 1. The smallest absolute Gasteiger partial charge is 0.156 e. The second kappa shape index (κ2) is 4.77. The van der Waals surface area contributed by atoms with Gasteiger partial charge in [0.15, 0.2) is 5.69 Å². The maximum absolute atomic E-state index is 8.84. The van der Waals surface area contributed by atoms with Crippen LogP contribution < -0.4 is 0 Å². The average molecular weight is 204 g/mol. The molecule has 1 heterocycles. The van der Waals surface area contributed by atoms with E-state index in [9.17, 15) is 0 Å². The molecule has 0 fully saturated rings. The largest absolute Gasteiger partial charge is 0.244 e. The zero-order valence-corrected chi connectivity index (χ0v) is 8.51. The predicted octanol–water partition coefficient (Wildman–Crippen LogP) is 2.35. The minimum atomic E-state index is 0.367. The van der Waals surface area contributed by atoms with Crippen molar-refractivity contribution in [3.05, 3.63) is 65.5 Å². The highest BCUT2D eigenvalue weighted by Gasteiger charge is 1.96. The molecular weight excluding hydrogens is 196 g/mol. The van der Waals surface area contributed by atoms with Gasteiger partial charge >= 0.3 is 0 Å². The lowest BCUT2D eigenvalue weighted by atomic mass is 10.1. The molecule has 1 aromatic carbocycles. The lowest BCUT2D eigenvalue weighted by molar-refractivity contribution is 1.25. The van der Waals surface area contributed by atoms with Gasteiger partial charge in [0, 0.05) is 11.8 Å². The van der Waals surface area contributed by atoms with Crippen LogP contribution in [0.5, 0.6) is 0 Å². The maximum Gasteiger partial charge on any atom is 0.156 e. The first-order valence-corrected chi connectivity index (χ1v) is 4.82. The van der Waals surface area contributed by atoms with Crippen LogP contribution in [0.4, 0.5) is 0 Å². The minimum absolute atomic E-state index is 0.367. The highest BCUT2D eigenvalue weighted by Crippen LogP contribution is 2.02. The van der Waals surface area contributed by atoms with Crippen molar-refractivity contribution in [1.29, 1.82) is 5.26 Å². The van der Waals surface area contributed by atoms with Crippen molar-refractivity contribution in [2.75, 3.05) is 0 Å². The average Bonchev–Trinajstić information content (AvgIpc) is 2.38. The summed E-state index contributed by atoms with van der Waals surface area (Å²) >= 11 is 0. The Labute approximate surface area is 94.2 Å². The molecule has 0 atom stereocenters. The molecule has 0 aliphatic rings. The molecule has 0 aliphatic heterocycles. The molecule has 0 radical (unpaired) electrons. The summed E-state index contributed by atoms with van der Waals surface area (Å²) in [6.07, 6.45) is 1.59. The summed E-state index contributed by atoms with van der Waals surface area (Å²) in [6, 6.07) is 15.2. The number of nitrogens with zero attached hydrogens (tertiary/aromatic N) is 2. The van der Waals surface area contributed by atoms with Crippen molar-refractivity contribution in [3.8, 4) is 17.9 Å². The van der Waals surface area contributed by atoms with Gasteiger partial charge in [-0.15, -0.1) is 0 Å². The highest BCUT2D eigenvalue weighted by molar-refractivity contribution is 5.47. The Morgan fingerprint density at radius 1 is 0.938 bits per heavy atom. The molecule has 0 spiro atoms. The first-order valence-electron chi connectivity index (χ1n) is 4.82. The fraction of sp³-hybridized carbons (Fsp3) is 0. The van der Waals surface area contributed by atoms with Gasteiger partial charge in [-0.05, 0) is 24.3 Å². The van der Waals surface area contributed by atoms with Gasteiger partial charge in [-0.3, -0.25) is 0 Å². The summed E-state index contributed by atoms with van der Waals surface area (Å²) in [7, 11) is 0. The SMILES string of the molecule is N#Cc1ncccc1C#Cc1ccccc1. The lowest BCUT2D eigenvalue weighted by Crippen LogP contribution is -1.86. The van der Waals surface area contributed by atoms with Gasteiger partial charge in [0.1, 0.15) is 6.07 Å².